The highest BCUT2D eigenvalue weighted by atomic mass is 28.4. The van der Waals surface area contributed by atoms with E-state index in [2.05, 4.69) is 46.0 Å². The Bertz CT molecular complexity index is 501. The highest BCUT2D eigenvalue weighted by Gasteiger charge is 2.38. The van der Waals surface area contributed by atoms with Gasteiger partial charge in [-0.25, -0.2) is 4.79 Å². The maximum Gasteiger partial charge on any atom is 0.328 e. The Hall–Kier alpha value is -1.39. The molecule has 0 saturated heterocycles. The summed E-state index contributed by atoms with van der Waals surface area (Å²) in [5, 5.41) is 8.98. The number of aryl methyl sites for hydroxylation is 1. The number of hydrogen-bond donors (Lipinski definition) is 1. The predicted molar refractivity (Wildman–Crippen MR) is 93.6 cm³/mol. The number of aliphatic carboxylic acids is 1. The second kappa shape index (κ2) is 7.74. The van der Waals surface area contributed by atoms with Crippen LogP contribution in [0.25, 0.3) is 0 Å². The molecule has 1 N–H and O–H groups in total. The summed E-state index contributed by atoms with van der Waals surface area (Å²) in [6.45, 7) is 10.9. The molecule has 0 aliphatic rings. The number of carbonyl (C=O) groups is 1. The zero-order valence-electron chi connectivity index (χ0n) is 14.3. The lowest BCUT2D eigenvalue weighted by Gasteiger charge is -2.38. The van der Waals surface area contributed by atoms with Crippen LogP contribution in [0.5, 0.6) is 0 Å². The minimum absolute atomic E-state index is 0.106. The molecule has 0 aromatic heterocycles. The van der Waals surface area contributed by atoms with E-state index in [1.54, 1.807) is 6.08 Å². The van der Waals surface area contributed by atoms with Gasteiger partial charge in [-0.3, -0.25) is 0 Å². The molecule has 0 fully saturated rings. The van der Waals surface area contributed by atoms with Crippen LogP contribution in [0.1, 0.15) is 32.8 Å². The van der Waals surface area contributed by atoms with E-state index in [-0.39, 0.29) is 11.1 Å². The van der Waals surface area contributed by atoms with Crippen LogP contribution >= 0.6 is 0 Å². The first-order valence-electron chi connectivity index (χ1n) is 7.75. The van der Waals surface area contributed by atoms with Crippen molar-refractivity contribution in [3.8, 4) is 0 Å². The lowest BCUT2D eigenvalue weighted by Crippen LogP contribution is -2.43. The third kappa shape index (κ3) is 6.16. The number of rotatable bonds is 7. The fraction of sp³-hybridized carbons (Fsp3) is 0.500. The number of carboxylic acids is 1. The quantitative estimate of drug-likeness (QED) is 0.587. The van der Waals surface area contributed by atoms with E-state index in [9.17, 15) is 4.79 Å². The van der Waals surface area contributed by atoms with Gasteiger partial charge < -0.3 is 9.53 Å². The van der Waals surface area contributed by atoms with Gasteiger partial charge >= 0.3 is 5.97 Å². The normalized spacial score (nSPS) is 14.2. The van der Waals surface area contributed by atoms with E-state index >= 15 is 0 Å². The second-order valence-corrected chi connectivity index (χ2v) is 11.9. The zero-order chi connectivity index (χ0) is 16.8. The Balaban J connectivity index is 2.78. The lowest BCUT2D eigenvalue weighted by molar-refractivity contribution is -0.131. The molecule has 0 spiro atoms. The fourth-order valence-corrected chi connectivity index (χ4v) is 3.20. The van der Waals surface area contributed by atoms with Crippen molar-refractivity contribution in [1.82, 2.24) is 0 Å². The summed E-state index contributed by atoms with van der Waals surface area (Å²) < 4.78 is 6.36. The van der Waals surface area contributed by atoms with Crippen molar-refractivity contribution in [3.05, 3.63) is 48.0 Å². The van der Waals surface area contributed by atoms with Crippen molar-refractivity contribution in [2.24, 2.45) is 0 Å². The highest BCUT2D eigenvalue weighted by molar-refractivity contribution is 6.74. The molecule has 122 valence electrons. The summed E-state index contributed by atoms with van der Waals surface area (Å²) in [5.74, 6) is -0.927. The van der Waals surface area contributed by atoms with Crippen molar-refractivity contribution in [2.75, 3.05) is 0 Å². The maximum atomic E-state index is 10.8. The minimum Gasteiger partial charge on any atom is -0.478 e. The molecule has 1 unspecified atom stereocenters. The summed E-state index contributed by atoms with van der Waals surface area (Å²) in [6.07, 6.45) is 4.40. The monoisotopic (exact) mass is 320 g/mol. The molecule has 0 radical (unpaired) electrons. The summed E-state index contributed by atoms with van der Waals surface area (Å²) in [4.78, 5) is 10.8. The first-order chi connectivity index (χ1) is 10.1. The smallest absolute Gasteiger partial charge is 0.328 e. The number of carboxylic acid groups (broad SMARTS) is 1. The van der Waals surface area contributed by atoms with Crippen LogP contribution in [-0.2, 0) is 15.6 Å². The molecule has 0 aliphatic heterocycles. The fourth-order valence-electron chi connectivity index (χ4n) is 1.89. The molecule has 0 saturated carbocycles. The molecule has 0 amide bonds. The predicted octanol–water partition coefficient (Wildman–Crippen LogP) is 4.65. The standard InChI is InChI=1S/C18H28O3Si/c1-18(2,3)22(4,5)21-16(13-14-17(19)20)12-11-15-9-7-6-8-10-15/h6-10,13-14,16H,11-12H2,1-5H3,(H,19,20)/b14-13+. The van der Waals surface area contributed by atoms with Gasteiger partial charge in [0.25, 0.3) is 0 Å². The van der Waals surface area contributed by atoms with Gasteiger partial charge in [0.2, 0.25) is 0 Å². The molecule has 4 heteroatoms. The molecule has 0 aliphatic carbocycles. The van der Waals surface area contributed by atoms with Crippen molar-refractivity contribution in [1.29, 1.82) is 0 Å². The first kappa shape index (κ1) is 18.7. The van der Waals surface area contributed by atoms with Crippen molar-refractivity contribution >= 4 is 14.3 Å². The van der Waals surface area contributed by atoms with E-state index < -0.39 is 14.3 Å². The molecule has 1 atom stereocenters. The van der Waals surface area contributed by atoms with Crippen LogP contribution in [-0.4, -0.2) is 25.5 Å². The summed E-state index contributed by atoms with van der Waals surface area (Å²) in [5.41, 5.74) is 1.25. The van der Waals surface area contributed by atoms with Gasteiger partial charge in [0, 0.05) is 6.08 Å². The van der Waals surface area contributed by atoms with Gasteiger partial charge in [-0.05, 0) is 42.6 Å². The Labute approximate surface area is 135 Å². The van der Waals surface area contributed by atoms with Crippen molar-refractivity contribution in [2.45, 2.75) is 57.8 Å². The van der Waals surface area contributed by atoms with Crippen LogP contribution < -0.4 is 0 Å². The molecule has 1 rings (SSSR count). The molecule has 3 nitrogen and oxygen atoms in total. The topological polar surface area (TPSA) is 46.5 Å². The van der Waals surface area contributed by atoms with Crippen LogP contribution in [0.15, 0.2) is 42.5 Å². The van der Waals surface area contributed by atoms with Crippen LogP contribution in [0, 0.1) is 0 Å². The number of hydrogen-bond acceptors (Lipinski definition) is 2. The average Bonchev–Trinajstić information content (AvgIpc) is 2.41. The van der Waals surface area contributed by atoms with E-state index in [4.69, 9.17) is 9.53 Å². The van der Waals surface area contributed by atoms with Crippen LogP contribution in [0.4, 0.5) is 0 Å². The SMILES string of the molecule is CC(C)(C)[Si](C)(C)OC(/C=C/C(=O)O)CCc1ccccc1. The molecular weight excluding hydrogens is 292 g/mol. The summed E-state index contributed by atoms with van der Waals surface area (Å²) >= 11 is 0. The number of benzene rings is 1. The molecule has 1 aromatic rings. The first-order valence-corrected chi connectivity index (χ1v) is 10.7. The Morgan fingerprint density at radius 2 is 1.86 bits per heavy atom. The van der Waals surface area contributed by atoms with Gasteiger partial charge in [-0.15, -0.1) is 0 Å². The molecule has 22 heavy (non-hydrogen) atoms. The molecular formula is C18H28O3Si. The van der Waals surface area contributed by atoms with E-state index in [1.807, 2.05) is 18.2 Å². The third-order valence-electron chi connectivity index (χ3n) is 4.27. The maximum absolute atomic E-state index is 10.8. The van der Waals surface area contributed by atoms with Crippen LogP contribution in [0.3, 0.4) is 0 Å². The highest BCUT2D eigenvalue weighted by Crippen LogP contribution is 2.37. The Morgan fingerprint density at radius 3 is 2.36 bits per heavy atom. The van der Waals surface area contributed by atoms with E-state index in [0.717, 1.165) is 12.8 Å². The zero-order valence-corrected chi connectivity index (χ0v) is 15.3. The van der Waals surface area contributed by atoms with Gasteiger partial charge in [0.1, 0.15) is 0 Å². The molecule has 1 aromatic carbocycles. The van der Waals surface area contributed by atoms with E-state index in [0.29, 0.717) is 0 Å². The largest absolute Gasteiger partial charge is 0.478 e. The summed E-state index contributed by atoms with van der Waals surface area (Å²) in [6, 6.07) is 10.2. The van der Waals surface area contributed by atoms with Crippen molar-refractivity contribution in [3.63, 3.8) is 0 Å². The minimum atomic E-state index is -1.92. The van der Waals surface area contributed by atoms with Gasteiger partial charge in [0.15, 0.2) is 8.32 Å². The molecule has 0 heterocycles. The van der Waals surface area contributed by atoms with Gasteiger partial charge in [0.05, 0.1) is 6.10 Å². The second-order valence-electron chi connectivity index (χ2n) is 7.14. The Morgan fingerprint density at radius 1 is 1.27 bits per heavy atom. The van der Waals surface area contributed by atoms with E-state index in [1.165, 1.54) is 11.6 Å². The molecule has 0 bridgehead atoms. The Kier molecular flexibility index (Phi) is 6.57. The third-order valence-corrected chi connectivity index (χ3v) is 8.77. The average molecular weight is 321 g/mol. The lowest BCUT2D eigenvalue weighted by atomic mass is 10.1. The summed E-state index contributed by atoms with van der Waals surface area (Å²) in [7, 11) is -1.92. The van der Waals surface area contributed by atoms with Gasteiger partial charge in [-0.2, -0.15) is 0 Å². The van der Waals surface area contributed by atoms with Crippen molar-refractivity contribution < 1.29 is 14.3 Å². The van der Waals surface area contributed by atoms with Crippen LogP contribution in [0.2, 0.25) is 18.1 Å². The van der Waals surface area contributed by atoms with Gasteiger partial charge in [-0.1, -0.05) is 51.1 Å².